The minimum Gasteiger partial charge on any atom is -0.425 e. The molecule has 154 valence electrons. The number of benzene rings is 1. The van der Waals surface area contributed by atoms with E-state index >= 15 is 0 Å². The van der Waals surface area contributed by atoms with Crippen molar-refractivity contribution in [3.05, 3.63) is 42.0 Å². The monoisotopic (exact) mass is 402 g/mol. The standard InChI is InChI=1S/C20H23FN4O4/c1-20(2,3)18(27)28-12-29-24-15-9-25(10-15)19-22-7-14(8-23-19)16-6-4-5-13(11-26)17(16)21/h4-8,26H,9-12H2,1-3H3. The first-order chi connectivity index (χ1) is 13.8. The van der Waals surface area contributed by atoms with Crippen LogP contribution in [0.1, 0.15) is 26.3 Å². The van der Waals surface area contributed by atoms with E-state index in [1.165, 1.54) is 6.07 Å². The molecule has 1 saturated heterocycles. The molecular weight excluding hydrogens is 379 g/mol. The summed E-state index contributed by atoms with van der Waals surface area (Å²) in [5.74, 6) is -0.345. The molecule has 0 saturated carbocycles. The second-order valence-electron chi connectivity index (χ2n) is 7.65. The van der Waals surface area contributed by atoms with Crippen LogP contribution in [-0.2, 0) is 21.0 Å². The molecule has 0 aliphatic carbocycles. The highest BCUT2D eigenvalue weighted by Crippen LogP contribution is 2.25. The van der Waals surface area contributed by atoms with Gasteiger partial charge in [-0.1, -0.05) is 23.4 Å². The number of aromatic nitrogens is 2. The van der Waals surface area contributed by atoms with Gasteiger partial charge in [0.15, 0.2) is 0 Å². The summed E-state index contributed by atoms with van der Waals surface area (Å²) >= 11 is 0. The molecule has 2 heterocycles. The Bertz CT molecular complexity index is 902. The molecule has 0 bridgehead atoms. The quantitative estimate of drug-likeness (QED) is 0.343. The van der Waals surface area contributed by atoms with Gasteiger partial charge in [0, 0.05) is 29.1 Å². The van der Waals surface area contributed by atoms with Crippen molar-refractivity contribution in [2.24, 2.45) is 10.6 Å². The molecule has 0 amide bonds. The predicted molar refractivity (Wildman–Crippen MR) is 104 cm³/mol. The molecule has 1 aliphatic rings. The van der Waals surface area contributed by atoms with E-state index in [2.05, 4.69) is 15.1 Å². The first-order valence-electron chi connectivity index (χ1n) is 9.10. The summed E-state index contributed by atoms with van der Waals surface area (Å²) in [5, 5.41) is 13.1. The lowest BCUT2D eigenvalue weighted by atomic mass is 9.98. The van der Waals surface area contributed by atoms with Crippen molar-refractivity contribution in [1.82, 2.24) is 9.97 Å². The Morgan fingerprint density at radius 2 is 1.97 bits per heavy atom. The van der Waals surface area contributed by atoms with Crippen LogP contribution in [0.4, 0.5) is 10.3 Å². The van der Waals surface area contributed by atoms with Crippen LogP contribution in [0.15, 0.2) is 35.7 Å². The number of oxime groups is 1. The van der Waals surface area contributed by atoms with Crippen LogP contribution in [0.5, 0.6) is 0 Å². The van der Waals surface area contributed by atoms with Crippen LogP contribution in [0.2, 0.25) is 0 Å². The fourth-order valence-corrected chi connectivity index (χ4v) is 2.56. The number of nitrogens with zero attached hydrogens (tertiary/aromatic N) is 4. The highest BCUT2D eigenvalue weighted by Gasteiger charge is 2.26. The van der Waals surface area contributed by atoms with Crippen molar-refractivity contribution in [2.75, 3.05) is 24.8 Å². The van der Waals surface area contributed by atoms with Gasteiger partial charge in [-0.3, -0.25) is 4.79 Å². The van der Waals surface area contributed by atoms with E-state index in [0.717, 1.165) is 5.71 Å². The summed E-state index contributed by atoms with van der Waals surface area (Å²) in [6, 6.07) is 4.82. The summed E-state index contributed by atoms with van der Waals surface area (Å²) in [6.45, 7) is 5.65. The zero-order valence-electron chi connectivity index (χ0n) is 16.6. The molecule has 1 aromatic carbocycles. The second-order valence-corrected chi connectivity index (χ2v) is 7.65. The normalized spacial score (nSPS) is 13.7. The van der Waals surface area contributed by atoms with Crippen LogP contribution in [0, 0.1) is 11.2 Å². The summed E-state index contributed by atoms with van der Waals surface area (Å²) in [7, 11) is 0. The number of hydrogen-bond donors (Lipinski definition) is 1. The van der Waals surface area contributed by atoms with Gasteiger partial charge in [-0.25, -0.2) is 14.4 Å². The van der Waals surface area contributed by atoms with Gasteiger partial charge < -0.3 is 19.6 Å². The first kappa shape index (κ1) is 20.7. The van der Waals surface area contributed by atoms with E-state index in [9.17, 15) is 14.3 Å². The first-order valence-corrected chi connectivity index (χ1v) is 9.10. The molecule has 0 radical (unpaired) electrons. The maximum atomic E-state index is 14.3. The van der Waals surface area contributed by atoms with Gasteiger partial charge in [-0.05, 0) is 20.8 Å². The fraction of sp³-hybridized carbons (Fsp3) is 0.400. The zero-order valence-corrected chi connectivity index (χ0v) is 16.6. The Hall–Kier alpha value is -3.07. The maximum Gasteiger partial charge on any atom is 0.314 e. The highest BCUT2D eigenvalue weighted by molar-refractivity contribution is 5.98. The van der Waals surface area contributed by atoms with Crippen LogP contribution in [-0.4, -0.2) is 46.6 Å². The van der Waals surface area contributed by atoms with Gasteiger partial charge in [0.05, 0.1) is 30.8 Å². The molecule has 0 atom stereocenters. The molecule has 3 rings (SSSR count). The third kappa shape index (κ3) is 4.86. The number of aliphatic hydroxyl groups excluding tert-OH is 1. The van der Waals surface area contributed by atoms with Crippen LogP contribution >= 0.6 is 0 Å². The molecule has 8 nitrogen and oxygen atoms in total. The SMILES string of the molecule is CC(C)(C)C(=O)OCON=C1CN(c2ncc(-c3cccc(CO)c3F)cn2)C1. The molecule has 2 aromatic rings. The van der Waals surface area contributed by atoms with Gasteiger partial charge in [0.2, 0.25) is 5.95 Å². The van der Waals surface area contributed by atoms with Crippen molar-refractivity contribution >= 4 is 17.6 Å². The van der Waals surface area contributed by atoms with Gasteiger partial charge >= 0.3 is 5.97 Å². The number of anilines is 1. The predicted octanol–water partition coefficient (Wildman–Crippen LogP) is 2.51. The number of halogens is 1. The van der Waals surface area contributed by atoms with Crippen LogP contribution in [0.3, 0.4) is 0 Å². The molecule has 1 fully saturated rings. The summed E-state index contributed by atoms with van der Waals surface area (Å²) in [6.07, 6.45) is 3.08. The summed E-state index contributed by atoms with van der Waals surface area (Å²) in [5.41, 5.74) is 1.27. The van der Waals surface area contributed by atoms with Crippen LogP contribution in [0.25, 0.3) is 11.1 Å². The molecular formula is C20H23FN4O4. The molecule has 9 heteroatoms. The number of esters is 1. The minimum absolute atomic E-state index is 0.225. The largest absolute Gasteiger partial charge is 0.425 e. The topological polar surface area (TPSA) is 97.1 Å². The Morgan fingerprint density at radius 1 is 1.28 bits per heavy atom. The molecule has 1 N–H and O–H groups in total. The van der Waals surface area contributed by atoms with E-state index in [1.54, 1.807) is 45.3 Å². The number of hydrogen-bond acceptors (Lipinski definition) is 8. The van der Waals surface area contributed by atoms with Gasteiger partial charge in [-0.15, -0.1) is 0 Å². The third-order valence-electron chi connectivity index (χ3n) is 4.28. The van der Waals surface area contributed by atoms with Crippen LogP contribution < -0.4 is 4.90 Å². The van der Waals surface area contributed by atoms with E-state index in [-0.39, 0.29) is 24.9 Å². The Labute approximate surface area is 168 Å². The number of aliphatic hydroxyl groups is 1. The number of carbonyl (C=O) groups excluding carboxylic acids is 1. The average Bonchev–Trinajstić information content (AvgIpc) is 2.66. The Morgan fingerprint density at radius 3 is 2.59 bits per heavy atom. The van der Waals surface area contributed by atoms with E-state index in [1.807, 2.05) is 4.90 Å². The average molecular weight is 402 g/mol. The van der Waals surface area contributed by atoms with Gasteiger partial charge in [0.1, 0.15) is 5.82 Å². The smallest absolute Gasteiger partial charge is 0.314 e. The molecule has 0 unspecified atom stereocenters. The Kier molecular flexibility index (Phi) is 6.07. The highest BCUT2D eigenvalue weighted by atomic mass is 19.1. The van der Waals surface area contributed by atoms with Crippen molar-refractivity contribution in [1.29, 1.82) is 0 Å². The second kappa shape index (κ2) is 8.52. The lowest BCUT2D eigenvalue weighted by Crippen LogP contribution is -2.48. The summed E-state index contributed by atoms with van der Waals surface area (Å²) < 4.78 is 19.3. The van der Waals surface area contributed by atoms with Gasteiger partial charge in [0.25, 0.3) is 6.79 Å². The Balaban J connectivity index is 1.52. The molecule has 0 spiro atoms. The van der Waals surface area contributed by atoms with E-state index in [0.29, 0.717) is 30.2 Å². The number of carbonyl (C=O) groups is 1. The van der Waals surface area contributed by atoms with Crippen molar-refractivity contribution in [3.63, 3.8) is 0 Å². The number of rotatable bonds is 6. The number of ether oxygens (including phenoxy) is 1. The minimum atomic E-state index is -0.588. The lowest BCUT2D eigenvalue weighted by molar-refractivity contribution is -0.165. The van der Waals surface area contributed by atoms with Crippen molar-refractivity contribution in [2.45, 2.75) is 27.4 Å². The summed E-state index contributed by atoms with van der Waals surface area (Å²) in [4.78, 5) is 27.0. The third-order valence-corrected chi connectivity index (χ3v) is 4.28. The van der Waals surface area contributed by atoms with E-state index in [4.69, 9.17) is 9.57 Å². The fourth-order valence-electron chi connectivity index (χ4n) is 2.56. The zero-order chi connectivity index (χ0) is 21.0. The molecule has 29 heavy (non-hydrogen) atoms. The lowest BCUT2D eigenvalue weighted by Gasteiger charge is -2.31. The van der Waals surface area contributed by atoms with E-state index < -0.39 is 11.2 Å². The van der Waals surface area contributed by atoms with Crippen molar-refractivity contribution in [3.8, 4) is 11.1 Å². The maximum absolute atomic E-state index is 14.3. The van der Waals surface area contributed by atoms with Crippen molar-refractivity contribution < 1.29 is 23.9 Å². The molecule has 1 aromatic heterocycles. The molecule has 1 aliphatic heterocycles. The van der Waals surface area contributed by atoms with Gasteiger partial charge in [-0.2, -0.15) is 0 Å².